The van der Waals surface area contributed by atoms with Crippen LogP contribution in [0.1, 0.15) is 91.3 Å². The van der Waals surface area contributed by atoms with Crippen LogP contribution in [0, 0.1) is 5.41 Å². The fraction of sp³-hybridized carbons (Fsp3) is 0.800. The van der Waals surface area contributed by atoms with Crippen LogP contribution in [0.4, 0.5) is 0 Å². The molecule has 0 radical (unpaired) electrons. The largest absolute Gasteiger partial charge is 0.466 e. The van der Waals surface area contributed by atoms with Gasteiger partial charge >= 0.3 is 0 Å². The van der Waals surface area contributed by atoms with Gasteiger partial charge in [0.25, 0.3) is 0 Å². The van der Waals surface area contributed by atoms with E-state index in [1.54, 1.807) is 6.26 Å². The first kappa shape index (κ1) is 21.5. The summed E-state index contributed by atoms with van der Waals surface area (Å²) in [6.45, 7) is 19.6. The Balaban J connectivity index is 3.17. The molecule has 3 nitrogen and oxygen atoms in total. The second-order valence-corrected chi connectivity index (χ2v) is 14.3. The first-order valence-corrected chi connectivity index (χ1v) is 12.1. The highest BCUT2D eigenvalue weighted by Crippen LogP contribution is 2.44. The Hall–Kier alpha value is -0.583. The van der Waals surface area contributed by atoms with Gasteiger partial charge in [-0.3, -0.25) is 0 Å². The van der Waals surface area contributed by atoms with Crippen LogP contribution >= 0.6 is 0 Å². The van der Waals surface area contributed by atoms with Crippen LogP contribution in [0.3, 0.4) is 0 Å². The third kappa shape index (κ3) is 5.20. The van der Waals surface area contributed by atoms with Gasteiger partial charge in [0.15, 0.2) is 8.32 Å². The molecule has 0 saturated heterocycles. The predicted octanol–water partition coefficient (Wildman–Crippen LogP) is 6.61. The van der Waals surface area contributed by atoms with Crippen molar-refractivity contribution in [3.63, 3.8) is 0 Å². The fourth-order valence-corrected chi connectivity index (χ4v) is 3.72. The molecule has 0 spiro atoms. The Bertz CT molecular complexity index is 506. The maximum Gasteiger partial charge on any atom is 0.192 e. The molecule has 0 aliphatic heterocycles. The highest BCUT2D eigenvalue weighted by Gasteiger charge is 2.40. The van der Waals surface area contributed by atoms with Gasteiger partial charge in [-0.15, -0.1) is 0 Å². The van der Waals surface area contributed by atoms with Gasteiger partial charge in [0, 0.05) is 5.56 Å². The van der Waals surface area contributed by atoms with Crippen molar-refractivity contribution in [2.45, 2.75) is 98.1 Å². The van der Waals surface area contributed by atoms with Gasteiger partial charge in [-0.2, -0.15) is 0 Å². The quantitative estimate of drug-likeness (QED) is 0.560. The SMILES string of the molecule is CCCCC(O[Si](C)(C)C(C)(C)C)c1ccoc1C(O)C(C)(C)C. The van der Waals surface area contributed by atoms with Crippen molar-refractivity contribution in [3.8, 4) is 0 Å². The third-order valence-electron chi connectivity index (χ3n) is 5.21. The molecule has 2 atom stereocenters. The van der Waals surface area contributed by atoms with Crippen LogP contribution in [0.5, 0.6) is 0 Å². The van der Waals surface area contributed by atoms with E-state index in [0.717, 1.165) is 24.8 Å². The van der Waals surface area contributed by atoms with E-state index in [1.165, 1.54) is 0 Å². The lowest BCUT2D eigenvalue weighted by atomic mass is 9.85. The minimum absolute atomic E-state index is 0.00316. The van der Waals surface area contributed by atoms with Crippen LogP contribution in [0.2, 0.25) is 18.1 Å². The minimum Gasteiger partial charge on any atom is -0.466 e. The van der Waals surface area contributed by atoms with Crippen molar-refractivity contribution in [2.75, 3.05) is 0 Å². The van der Waals surface area contributed by atoms with Crippen LogP contribution in [-0.4, -0.2) is 13.4 Å². The molecule has 140 valence electrons. The monoisotopic (exact) mass is 354 g/mol. The van der Waals surface area contributed by atoms with Gasteiger partial charge in [0.1, 0.15) is 11.9 Å². The van der Waals surface area contributed by atoms with Crippen molar-refractivity contribution >= 4 is 8.32 Å². The van der Waals surface area contributed by atoms with Gasteiger partial charge in [-0.05, 0) is 36.0 Å². The zero-order chi connectivity index (χ0) is 18.8. The summed E-state index contributed by atoms with van der Waals surface area (Å²) in [4.78, 5) is 0. The number of furan rings is 1. The zero-order valence-electron chi connectivity index (χ0n) is 17.2. The van der Waals surface area contributed by atoms with Gasteiger partial charge in [0.05, 0.1) is 12.4 Å². The molecule has 1 heterocycles. The number of unbranched alkanes of at least 4 members (excludes halogenated alkanes) is 1. The topological polar surface area (TPSA) is 42.6 Å². The zero-order valence-corrected chi connectivity index (χ0v) is 18.2. The van der Waals surface area contributed by atoms with E-state index < -0.39 is 14.4 Å². The lowest BCUT2D eigenvalue weighted by Gasteiger charge is -2.39. The molecule has 0 bridgehead atoms. The van der Waals surface area contributed by atoms with Gasteiger partial charge in [0.2, 0.25) is 0 Å². The smallest absolute Gasteiger partial charge is 0.192 e. The molecule has 0 aliphatic carbocycles. The molecule has 24 heavy (non-hydrogen) atoms. The Kier molecular flexibility index (Phi) is 6.93. The van der Waals surface area contributed by atoms with Gasteiger partial charge in [-0.1, -0.05) is 61.3 Å². The molecule has 0 fully saturated rings. The fourth-order valence-electron chi connectivity index (χ4n) is 2.41. The second-order valence-electron chi connectivity index (χ2n) is 9.52. The normalized spacial score (nSPS) is 16.2. The van der Waals surface area contributed by atoms with Crippen molar-refractivity contribution in [1.82, 2.24) is 0 Å². The number of hydrogen-bond acceptors (Lipinski definition) is 3. The summed E-state index contributed by atoms with van der Waals surface area (Å²) in [7, 11) is -1.90. The van der Waals surface area contributed by atoms with E-state index in [-0.39, 0.29) is 16.6 Å². The molecule has 1 aromatic heterocycles. The molecule has 0 aliphatic rings. The van der Waals surface area contributed by atoms with E-state index in [2.05, 4.69) is 40.8 Å². The molecule has 1 aromatic rings. The first-order valence-electron chi connectivity index (χ1n) is 9.24. The summed E-state index contributed by atoms with van der Waals surface area (Å²) in [6, 6.07) is 1.98. The van der Waals surface area contributed by atoms with E-state index >= 15 is 0 Å². The average molecular weight is 355 g/mol. The highest BCUT2D eigenvalue weighted by atomic mass is 28.4. The number of hydrogen-bond donors (Lipinski definition) is 1. The summed E-state index contributed by atoms with van der Waals surface area (Å²) in [5.74, 6) is 0.669. The number of rotatable bonds is 7. The van der Waals surface area contributed by atoms with E-state index in [0.29, 0.717) is 5.76 Å². The Labute approximate surface area is 149 Å². The van der Waals surface area contributed by atoms with Crippen LogP contribution in [0.25, 0.3) is 0 Å². The number of aliphatic hydroxyl groups excluding tert-OH is 1. The molecular weight excluding hydrogens is 316 g/mol. The molecule has 0 aromatic carbocycles. The maximum absolute atomic E-state index is 10.7. The molecule has 0 saturated carbocycles. The third-order valence-corrected chi connectivity index (χ3v) is 9.69. The molecule has 4 heteroatoms. The van der Waals surface area contributed by atoms with Crippen LogP contribution in [0.15, 0.2) is 16.7 Å². The summed E-state index contributed by atoms with van der Waals surface area (Å²) < 4.78 is 12.4. The molecule has 1 rings (SSSR count). The standard InChI is InChI=1S/C20H38O3Si/c1-10-11-12-16(23-24(8,9)20(5,6)7)15-13-14-22-17(15)18(21)19(2,3)4/h13-14,16,18,21H,10-12H2,1-9H3. The van der Waals surface area contributed by atoms with Crippen molar-refractivity contribution < 1.29 is 13.9 Å². The minimum atomic E-state index is -1.90. The van der Waals surface area contributed by atoms with Gasteiger partial charge in [-0.25, -0.2) is 0 Å². The van der Waals surface area contributed by atoms with Crippen LogP contribution < -0.4 is 0 Å². The summed E-state index contributed by atoms with van der Waals surface area (Å²) >= 11 is 0. The molecule has 2 unspecified atom stereocenters. The lowest BCUT2D eigenvalue weighted by molar-refractivity contribution is 0.0392. The van der Waals surface area contributed by atoms with E-state index in [9.17, 15) is 5.11 Å². The predicted molar refractivity (Wildman–Crippen MR) is 104 cm³/mol. The number of aliphatic hydroxyl groups is 1. The first-order chi connectivity index (χ1) is 10.8. The van der Waals surface area contributed by atoms with Crippen molar-refractivity contribution in [1.29, 1.82) is 0 Å². The highest BCUT2D eigenvalue weighted by molar-refractivity contribution is 6.74. The average Bonchev–Trinajstić information content (AvgIpc) is 2.89. The summed E-state index contributed by atoms with van der Waals surface area (Å²) in [5, 5.41) is 10.9. The molecular formula is C20H38O3Si. The van der Waals surface area contributed by atoms with Gasteiger partial charge < -0.3 is 13.9 Å². The van der Waals surface area contributed by atoms with E-state index in [1.807, 2.05) is 26.8 Å². The summed E-state index contributed by atoms with van der Waals surface area (Å²) in [6.07, 6.45) is 4.26. The van der Waals surface area contributed by atoms with Crippen molar-refractivity contribution in [2.24, 2.45) is 5.41 Å². The van der Waals surface area contributed by atoms with E-state index in [4.69, 9.17) is 8.84 Å². The Morgan fingerprint density at radius 3 is 2.21 bits per heavy atom. The second kappa shape index (κ2) is 7.75. The lowest BCUT2D eigenvalue weighted by Crippen LogP contribution is -2.42. The van der Waals surface area contributed by atoms with Crippen molar-refractivity contribution in [3.05, 3.63) is 23.7 Å². The molecule has 1 N–H and O–H groups in total. The molecule has 0 amide bonds. The summed E-state index contributed by atoms with van der Waals surface area (Å²) in [5.41, 5.74) is 0.759. The maximum atomic E-state index is 10.7. The Morgan fingerprint density at radius 1 is 1.17 bits per heavy atom. The van der Waals surface area contributed by atoms with Crippen LogP contribution in [-0.2, 0) is 4.43 Å². The Morgan fingerprint density at radius 2 is 1.75 bits per heavy atom.